The number of guanidine groups is 1. The zero-order valence-electron chi connectivity index (χ0n) is 18.4. The fourth-order valence-electron chi connectivity index (χ4n) is 3.91. The summed E-state index contributed by atoms with van der Waals surface area (Å²) in [5.41, 5.74) is 4.06. The topological polar surface area (TPSA) is 59.9 Å². The number of aryl methyl sites for hydroxylation is 2. The Morgan fingerprint density at radius 3 is 2.53 bits per heavy atom. The van der Waals surface area contributed by atoms with Crippen LogP contribution in [0.5, 0.6) is 5.75 Å². The third-order valence-electron chi connectivity index (χ3n) is 5.76. The highest BCUT2D eigenvalue weighted by molar-refractivity contribution is 5.80. The Labute approximate surface area is 181 Å². The van der Waals surface area contributed by atoms with Crippen molar-refractivity contribution in [3.63, 3.8) is 0 Å². The van der Waals surface area contributed by atoms with Crippen LogP contribution < -0.4 is 10.6 Å². The summed E-state index contributed by atoms with van der Waals surface area (Å²) < 4.78 is 0. The molecule has 0 aliphatic carbocycles. The average molecular weight is 409 g/mol. The molecule has 1 aliphatic rings. The van der Waals surface area contributed by atoms with Gasteiger partial charge in [-0.1, -0.05) is 36.4 Å². The van der Waals surface area contributed by atoms with Gasteiger partial charge in [-0.05, 0) is 68.4 Å². The smallest absolute Gasteiger partial charge is 0.191 e. The van der Waals surface area contributed by atoms with Gasteiger partial charge >= 0.3 is 0 Å². The minimum atomic E-state index is 0.320. The van der Waals surface area contributed by atoms with Crippen molar-refractivity contribution in [3.05, 3.63) is 65.2 Å². The molecule has 0 radical (unpaired) electrons. The summed E-state index contributed by atoms with van der Waals surface area (Å²) in [6.07, 6.45) is 4.25. The number of phenols is 1. The number of nitrogens with one attached hydrogen (secondary N) is 2. The first kappa shape index (κ1) is 22.2. The molecule has 0 amide bonds. The van der Waals surface area contributed by atoms with E-state index in [0.29, 0.717) is 11.8 Å². The highest BCUT2D eigenvalue weighted by atomic mass is 16.3. The van der Waals surface area contributed by atoms with Crippen molar-refractivity contribution in [2.24, 2.45) is 4.99 Å². The van der Waals surface area contributed by atoms with Crippen LogP contribution in [0.15, 0.2) is 53.5 Å². The summed E-state index contributed by atoms with van der Waals surface area (Å²) in [6, 6.07) is 16.6. The van der Waals surface area contributed by atoms with Gasteiger partial charge in [-0.2, -0.15) is 0 Å². The van der Waals surface area contributed by atoms with Gasteiger partial charge in [0.05, 0.1) is 0 Å². The number of nitrogens with zero attached hydrogens (tertiary/aromatic N) is 2. The fourth-order valence-corrected chi connectivity index (χ4v) is 3.91. The van der Waals surface area contributed by atoms with Crippen molar-refractivity contribution < 1.29 is 5.11 Å². The van der Waals surface area contributed by atoms with Crippen molar-refractivity contribution in [1.82, 2.24) is 15.5 Å². The minimum Gasteiger partial charge on any atom is -0.508 e. The largest absolute Gasteiger partial charge is 0.508 e. The van der Waals surface area contributed by atoms with Crippen LogP contribution in [-0.2, 0) is 13.0 Å². The lowest BCUT2D eigenvalue weighted by atomic mass is 10.0. The number of likely N-dealkylation sites (tertiary alicyclic amines) is 1. The molecule has 0 atom stereocenters. The van der Waals surface area contributed by atoms with E-state index in [4.69, 9.17) is 4.99 Å². The van der Waals surface area contributed by atoms with E-state index < -0.39 is 0 Å². The second-order valence-electron chi connectivity index (χ2n) is 8.15. The van der Waals surface area contributed by atoms with Gasteiger partial charge in [-0.25, -0.2) is 0 Å². The lowest BCUT2D eigenvalue weighted by Gasteiger charge is -2.33. The first-order valence-electron chi connectivity index (χ1n) is 11.2. The summed E-state index contributed by atoms with van der Waals surface area (Å²) >= 11 is 0. The molecule has 3 N–H and O–H groups in total. The Kier molecular flexibility index (Phi) is 8.57. The molecular formula is C25H36N4O. The van der Waals surface area contributed by atoms with Crippen molar-refractivity contribution >= 4 is 5.96 Å². The number of aromatic hydroxyl groups is 1. The van der Waals surface area contributed by atoms with Crippen molar-refractivity contribution in [2.75, 3.05) is 26.2 Å². The molecule has 0 unspecified atom stereocenters. The van der Waals surface area contributed by atoms with Gasteiger partial charge in [0.15, 0.2) is 5.96 Å². The number of aliphatic imine (C=N–C) groups is 1. The maximum atomic E-state index is 9.38. The van der Waals surface area contributed by atoms with Gasteiger partial charge in [0.25, 0.3) is 0 Å². The predicted molar refractivity (Wildman–Crippen MR) is 125 cm³/mol. The summed E-state index contributed by atoms with van der Waals surface area (Å²) in [6.45, 7) is 9.25. The van der Waals surface area contributed by atoms with Crippen molar-refractivity contribution in [3.8, 4) is 5.75 Å². The van der Waals surface area contributed by atoms with Crippen molar-refractivity contribution in [2.45, 2.75) is 52.1 Å². The molecule has 1 fully saturated rings. The van der Waals surface area contributed by atoms with E-state index >= 15 is 0 Å². The molecule has 0 spiro atoms. The van der Waals surface area contributed by atoms with Crippen molar-refractivity contribution in [1.29, 1.82) is 0 Å². The maximum absolute atomic E-state index is 9.38. The van der Waals surface area contributed by atoms with Gasteiger partial charge in [0, 0.05) is 38.8 Å². The van der Waals surface area contributed by atoms with Crippen LogP contribution in [0.4, 0.5) is 0 Å². The molecule has 0 saturated carbocycles. The molecule has 1 aliphatic heterocycles. The molecule has 1 saturated heterocycles. The lowest BCUT2D eigenvalue weighted by Crippen LogP contribution is -2.48. The SMILES string of the molecule is CCNC(=NCCCc1ccc(O)cc1)NC1CCN(Cc2ccccc2C)CC1. The average Bonchev–Trinajstić information content (AvgIpc) is 2.75. The number of benzene rings is 2. The van der Waals surface area contributed by atoms with Crippen LogP contribution in [0.1, 0.15) is 42.9 Å². The summed E-state index contributed by atoms with van der Waals surface area (Å²) in [4.78, 5) is 7.33. The zero-order chi connectivity index (χ0) is 21.2. The molecule has 5 heteroatoms. The third kappa shape index (κ3) is 7.06. The van der Waals surface area contributed by atoms with Crippen LogP contribution >= 0.6 is 0 Å². The molecule has 2 aromatic carbocycles. The third-order valence-corrected chi connectivity index (χ3v) is 5.76. The maximum Gasteiger partial charge on any atom is 0.191 e. The van der Waals surface area contributed by atoms with E-state index in [1.54, 1.807) is 12.1 Å². The van der Waals surface area contributed by atoms with Gasteiger partial charge in [-0.3, -0.25) is 9.89 Å². The summed E-state index contributed by atoms with van der Waals surface area (Å²) in [5, 5.41) is 16.4. The van der Waals surface area contributed by atoms with Crippen LogP contribution in [0.3, 0.4) is 0 Å². The van der Waals surface area contributed by atoms with E-state index in [2.05, 4.69) is 53.6 Å². The first-order valence-corrected chi connectivity index (χ1v) is 11.2. The molecule has 162 valence electrons. The lowest BCUT2D eigenvalue weighted by molar-refractivity contribution is 0.198. The standard InChI is InChI=1S/C25H36N4O/c1-3-26-25(27-16-6-8-21-10-12-24(30)13-11-21)28-23-14-17-29(18-15-23)19-22-9-5-4-7-20(22)2/h4-5,7,9-13,23,30H,3,6,8,14-19H2,1-2H3,(H2,26,27,28). The Morgan fingerprint density at radius 2 is 1.83 bits per heavy atom. The molecule has 2 aromatic rings. The fraction of sp³-hybridized carbons (Fsp3) is 0.480. The quantitative estimate of drug-likeness (QED) is 0.353. The zero-order valence-corrected chi connectivity index (χ0v) is 18.4. The van der Waals surface area contributed by atoms with Gasteiger partial charge in [0.2, 0.25) is 0 Å². The van der Waals surface area contributed by atoms with Gasteiger partial charge in [0.1, 0.15) is 5.75 Å². The molecule has 30 heavy (non-hydrogen) atoms. The number of rotatable bonds is 8. The van der Waals surface area contributed by atoms with E-state index in [-0.39, 0.29) is 0 Å². The second kappa shape index (κ2) is 11.6. The van der Waals surface area contributed by atoms with Crippen LogP contribution in [-0.4, -0.2) is 48.2 Å². The monoisotopic (exact) mass is 408 g/mol. The molecule has 5 nitrogen and oxygen atoms in total. The highest BCUT2D eigenvalue weighted by Gasteiger charge is 2.20. The summed E-state index contributed by atoms with van der Waals surface area (Å²) in [7, 11) is 0. The second-order valence-corrected chi connectivity index (χ2v) is 8.15. The van der Waals surface area contributed by atoms with E-state index in [1.807, 2.05) is 12.1 Å². The molecule has 1 heterocycles. The number of hydrogen-bond donors (Lipinski definition) is 3. The Bertz CT molecular complexity index is 795. The molecule has 3 rings (SSSR count). The first-order chi connectivity index (χ1) is 14.6. The number of hydrogen-bond acceptors (Lipinski definition) is 3. The van der Waals surface area contributed by atoms with Crippen LogP contribution in [0, 0.1) is 6.92 Å². The van der Waals surface area contributed by atoms with Gasteiger partial charge < -0.3 is 15.7 Å². The molecule has 0 aromatic heterocycles. The predicted octanol–water partition coefficient (Wildman–Crippen LogP) is 3.85. The Balaban J connectivity index is 1.42. The number of phenolic OH excluding ortho intramolecular Hbond substituents is 1. The Hall–Kier alpha value is -2.53. The van der Waals surface area contributed by atoms with E-state index in [9.17, 15) is 5.11 Å². The number of piperidine rings is 1. The molecule has 0 bridgehead atoms. The molecular weight excluding hydrogens is 372 g/mol. The van der Waals surface area contributed by atoms with E-state index in [1.165, 1.54) is 16.7 Å². The highest BCUT2D eigenvalue weighted by Crippen LogP contribution is 2.16. The van der Waals surface area contributed by atoms with Gasteiger partial charge in [-0.15, -0.1) is 0 Å². The normalized spacial score (nSPS) is 15.9. The Morgan fingerprint density at radius 1 is 1.10 bits per heavy atom. The minimum absolute atomic E-state index is 0.320. The van der Waals surface area contributed by atoms with E-state index in [0.717, 1.165) is 64.4 Å². The van der Waals surface area contributed by atoms with Crippen LogP contribution in [0.2, 0.25) is 0 Å². The summed E-state index contributed by atoms with van der Waals surface area (Å²) in [5.74, 6) is 1.25. The van der Waals surface area contributed by atoms with Crippen LogP contribution in [0.25, 0.3) is 0 Å².